The van der Waals surface area contributed by atoms with E-state index in [2.05, 4.69) is 15.4 Å². The molecular weight excluding hydrogens is 398 g/mol. The van der Waals surface area contributed by atoms with Crippen LogP contribution in [0.2, 0.25) is 0 Å². The summed E-state index contributed by atoms with van der Waals surface area (Å²) in [4.78, 5) is 42.7. The van der Waals surface area contributed by atoms with E-state index in [1.54, 1.807) is 33.8 Å². The fourth-order valence-electron chi connectivity index (χ4n) is 3.54. The van der Waals surface area contributed by atoms with Crippen LogP contribution in [0.4, 0.5) is 15.4 Å². The van der Waals surface area contributed by atoms with E-state index < -0.39 is 22.9 Å². The molecule has 9 nitrogen and oxygen atoms in total. The number of aryl methyl sites for hydroxylation is 2. The molecule has 154 valence electrons. The Morgan fingerprint density at radius 2 is 1.97 bits per heavy atom. The highest BCUT2D eigenvalue weighted by Crippen LogP contribution is 2.42. The van der Waals surface area contributed by atoms with Crippen molar-refractivity contribution in [3.8, 4) is 0 Å². The van der Waals surface area contributed by atoms with E-state index in [1.165, 1.54) is 4.90 Å². The number of carbonyl (C=O) groups excluding carboxylic acids is 3. The van der Waals surface area contributed by atoms with Crippen LogP contribution in [0, 0.1) is 13.8 Å². The summed E-state index contributed by atoms with van der Waals surface area (Å²) in [6.45, 7) is 9.08. The second kappa shape index (κ2) is 7.47. The van der Waals surface area contributed by atoms with Gasteiger partial charge in [0.05, 0.1) is 24.4 Å². The maximum absolute atomic E-state index is 12.8. The van der Waals surface area contributed by atoms with Crippen molar-refractivity contribution in [3.05, 3.63) is 40.3 Å². The first-order valence-corrected chi connectivity index (χ1v) is 9.47. The lowest BCUT2D eigenvalue weighted by molar-refractivity contribution is 0.102. The maximum atomic E-state index is 12.8. The molecule has 0 radical (unpaired) electrons. The maximum Gasteiger partial charge on any atom is 0.435 e. The van der Waals surface area contributed by atoms with E-state index >= 15 is 0 Å². The largest absolute Gasteiger partial charge is 0.448 e. The Morgan fingerprint density at radius 3 is 2.55 bits per heavy atom. The predicted octanol–water partition coefficient (Wildman–Crippen LogP) is 3.56. The van der Waals surface area contributed by atoms with Crippen molar-refractivity contribution in [2.75, 3.05) is 11.9 Å². The molecule has 2 amide bonds. The topological polar surface area (TPSA) is 106 Å². The zero-order chi connectivity index (χ0) is 21.5. The number of nitrogens with zero attached hydrogens (tertiary/aromatic N) is 4. The fourth-order valence-corrected chi connectivity index (χ4v) is 3.81. The molecule has 1 aliphatic heterocycles. The van der Waals surface area contributed by atoms with Crippen LogP contribution >= 0.6 is 11.6 Å². The van der Waals surface area contributed by atoms with Crippen LogP contribution in [-0.4, -0.2) is 43.6 Å². The summed E-state index contributed by atoms with van der Waals surface area (Å²) in [6.07, 6.45) is -0.703. The van der Waals surface area contributed by atoms with E-state index in [1.807, 2.05) is 13.0 Å². The molecule has 0 atom stereocenters. The molecule has 2 aromatic heterocycles. The predicted molar refractivity (Wildman–Crippen MR) is 106 cm³/mol. The van der Waals surface area contributed by atoms with E-state index in [0.717, 1.165) is 10.2 Å². The number of ether oxygens (including phenoxy) is 1. The Hall–Kier alpha value is -2.94. The molecule has 2 aromatic rings. The summed E-state index contributed by atoms with van der Waals surface area (Å²) in [5.41, 5.74) is 1.87. The van der Waals surface area contributed by atoms with Gasteiger partial charge in [0.25, 0.3) is 5.91 Å². The van der Waals surface area contributed by atoms with Crippen LogP contribution in [-0.2, 0) is 16.8 Å². The number of nitrogens with one attached hydrogen (secondary N) is 1. The van der Waals surface area contributed by atoms with Crippen molar-refractivity contribution < 1.29 is 19.1 Å². The molecule has 0 fully saturated rings. The van der Waals surface area contributed by atoms with Gasteiger partial charge in [-0.1, -0.05) is 0 Å². The minimum atomic E-state index is -0.922. The molecule has 3 heterocycles. The molecule has 0 spiro atoms. The van der Waals surface area contributed by atoms with Crippen molar-refractivity contribution in [3.63, 3.8) is 0 Å². The molecule has 0 aliphatic carbocycles. The number of hydrogen-bond donors (Lipinski definition) is 1. The number of amides is 2. The van der Waals surface area contributed by atoms with Crippen molar-refractivity contribution in [1.82, 2.24) is 19.7 Å². The van der Waals surface area contributed by atoms with Gasteiger partial charge in [0.15, 0.2) is 5.82 Å². The lowest BCUT2D eigenvalue weighted by Crippen LogP contribution is -2.39. The number of aromatic nitrogens is 3. The van der Waals surface area contributed by atoms with Crippen LogP contribution in [0.5, 0.6) is 0 Å². The summed E-state index contributed by atoms with van der Waals surface area (Å²) in [5, 5.41) is 6.29. The number of carbonyl (C=O) groups is 3. The number of pyridine rings is 1. The highest BCUT2D eigenvalue weighted by molar-refractivity contribution is 6.62. The van der Waals surface area contributed by atoms with Crippen LogP contribution in [0.25, 0.3) is 0 Å². The minimum absolute atomic E-state index is 0.0972. The monoisotopic (exact) mass is 419 g/mol. The molecular formula is C19H22ClN5O4. The standard InChI is InChI=1S/C19H22ClN5O4/c1-6-29-18(28)25-14-12(9-24(17(20)27)19(14,4)5)15(23-25)22-16(26)13-8-10(2)7-11(3)21-13/h7-8H,6,9H2,1-5H3,(H,22,23,26). The third-order valence-corrected chi connectivity index (χ3v) is 4.97. The molecule has 0 saturated heterocycles. The first kappa shape index (κ1) is 20.8. The van der Waals surface area contributed by atoms with Gasteiger partial charge in [-0.3, -0.25) is 9.59 Å². The number of anilines is 1. The molecule has 0 saturated carbocycles. The Balaban J connectivity index is 2.05. The Morgan fingerprint density at radius 1 is 1.28 bits per heavy atom. The Kier molecular flexibility index (Phi) is 5.36. The SMILES string of the molecule is CCOC(=O)n1nc(NC(=O)c2cc(C)cc(C)n2)c2c1C(C)(C)N(C(=O)Cl)C2. The quantitative estimate of drug-likeness (QED) is 0.602. The number of hydrogen-bond acceptors (Lipinski definition) is 6. The first-order chi connectivity index (χ1) is 13.6. The van der Waals surface area contributed by atoms with Crippen molar-refractivity contribution in [2.24, 2.45) is 0 Å². The van der Waals surface area contributed by atoms with Gasteiger partial charge in [-0.2, -0.15) is 4.68 Å². The fraction of sp³-hybridized carbons (Fsp3) is 0.421. The second-order valence-corrected chi connectivity index (χ2v) is 7.63. The molecule has 0 bridgehead atoms. The summed E-state index contributed by atoms with van der Waals surface area (Å²) in [5.74, 6) is -0.311. The van der Waals surface area contributed by atoms with E-state index in [9.17, 15) is 14.4 Å². The molecule has 3 rings (SSSR count). The summed E-state index contributed by atoms with van der Waals surface area (Å²) < 4.78 is 6.15. The smallest absolute Gasteiger partial charge is 0.435 e. The molecule has 0 unspecified atom stereocenters. The third-order valence-electron chi connectivity index (χ3n) is 4.77. The number of rotatable bonds is 3. The zero-order valence-electron chi connectivity index (χ0n) is 16.9. The van der Waals surface area contributed by atoms with Gasteiger partial charge in [-0.25, -0.2) is 9.78 Å². The zero-order valence-corrected chi connectivity index (χ0v) is 17.6. The molecule has 29 heavy (non-hydrogen) atoms. The highest BCUT2D eigenvalue weighted by Gasteiger charge is 2.46. The molecule has 1 N–H and O–H groups in total. The highest BCUT2D eigenvalue weighted by atomic mass is 35.5. The van der Waals surface area contributed by atoms with Crippen molar-refractivity contribution >= 4 is 34.8 Å². The van der Waals surface area contributed by atoms with Crippen LogP contribution < -0.4 is 5.32 Å². The van der Waals surface area contributed by atoms with E-state index in [4.69, 9.17) is 16.3 Å². The van der Waals surface area contributed by atoms with Gasteiger partial charge in [-0.05, 0) is 63.9 Å². The van der Waals surface area contributed by atoms with Gasteiger partial charge < -0.3 is 15.0 Å². The van der Waals surface area contributed by atoms with Gasteiger partial charge >= 0.3 is 11.5 Å². The van der Waals surface area contributed by atoms with Gasteiger partial charge in [0.1, 0.15) is 5.69 Å². The first-order valence-electron chi connectivity index (χ1n) is 9.09. The van der Waals surface area contributed by atoms with Crippen LogP contribution in [0.3, 0.4) is 0 Å². The molecule has 1 aliphatic rings. The molecule has 10 heteroatoms. The van der Waals surface area contributed by atoms with Crippen molar-refractivity contribution in [1.29, 1.82) is 0 Å². The van der Waals surface area contributed by atoms with Crippen LogP contribution in [0.1, 0.15) is 53.8 Å². The second-order valence-electron chi connectivity index (χ2n) is 7.31. The Bertz CT molecular complexity index is 994. The van der Waals surface area contributed by atoms with E-state index in [-0.39, 0.29) is 24.7 Å². The summed E-state index contributed by atoms with van der Waals surface area (Å²) in [6, 6.07) is 3.51. The third kappa shape index (κ3) is 3.69. The lowest BCUT2D eigenvalue weighted by atomic mass is 10.0. The number of halogens is 1. The summed E-state index contributed by atoms with van der Waals surface area (Å²) >= 11 is 5.74. The Labute approximate surface area is 173 Å². The van der Waals surface area contributed by atoms with Gasteiger partial charge in [0.2, 0.25) is 0 Å². The van der Waals surface area contributed by atoms with Gasteiger partial charge in [-0.15, -0.1) is 5.10 Å². The van der Waals surface area contributed by atoms with Crippen molar-refractivity contribution in [2.45, 2.75) is 46.7 Å². The summed E-state index contributed by atoms with van der Waals surface area (Å²) in [7, 11) is 0. The average Bonchev–Trinajstić information content (AvgIpc) is 3.10. The molecule has 0 aromatic carbocycles. The van der Waals surface area contributed by atoms with E-state index in [0.29, 0.717) is 17.0 Å². The normalized spacial score (nSPS) is 14.5. The van der Waals surface area contributed by atoms with Crippen LogP contribution in [0.15, 0.2) is 12.1 Å². The minimum Gasteiger partial charge on any atom is -0.448 e. The van der Waals surface area contributed by atoms with Gasteiger partial charge in [0, 0.05) is 11.3 Å². The average molecular weight is 420 g/mol. The lowest BCUT2D eigenvalue weighted by Gasteiger charge is -2.30. The number of fused-ring (bicyclic) bond motifs is 1.